The van der Waals surface area contributed by atoms with E-state index in [0.717, 1.165) is 16.3 Å². The maximum atomic E-state index is 11.9. The topological polar surface area (TPSA) is 66.4 Å². The minimum atomic E-state index is -1.05. The second-order valence-corrected chi connectivity index (χ2v) is 5.78. The van der Waals surface area contributed by atoms with Crippen LogP contribution in [0.4, 0.5) is 0 Å². The molecule has 0 saturated carbocycles. The first-order valence-corrected chi connectivity index (χ1v) is 6.87. The number of carbonyl (C=O) groups excluding carboxylic acids is 1. The number of rotatable bonds is 5. The number of aliphatic carboxylic acids is 1. The Hall–Kier alpha value is -2.36. The average molecular weight is 285 g/mol. The monoisotopic (exact) mass is 285 g/mol. The van der Waals surface area contributed by atoms with Gasteiger partial charge in [0.05, 0.1) is 5.41 Å². The molecule has 0 bridgehead atoms. The van der Waals surface area contributed by atoms with Crippen LogP contribution in [0.2, 0.25) is 0 Å². The molecular formula is C17H19NO3. The molecule has 0 spiro atoms. The van der Waals surface area contributed by atoms with Gasteiger partial charge < -0.3 is 10.4 Å². The smallest absolute Gasteiger partial charge is 0.309 e. The molecule has 0 fully saturated rings. The summed E-state index contributed by atoms with van der Waals surface area (Å²) >= 11 is 0. The number of nitrogens with one attached hydrogen (secondary N) is 1. The Labute approximate surface area is 123 Å². The van der Waals surface area contributed by atoms with Gasteiger partial charge in [-0.15, -0.1) is 0 Å². The van der Waals surface area contributed by atoms with Crippen molar-refractivity contribution in [2.75, 3.05) is 0 Å². The van der Waals surface area contributed by atoms with Gasteiger partial charge >= 0.3 is 5.97 Å². The minimum Gasteiger partial charge on any atom is -0.481 e. The molecule has 0 aromatic heterocycles. The summed E-state index contributed by atoms with van der Waals surface area (Å²) in [6.45, 7) is 3.50. The van der Waals surface area contributed by atoms with Crippen LogP contribution in [0.25, 0.3) is 10.8 Å². The first-order chi connectivity index (χ1) is 9.90. The Kier molecular flexibility index (Phi) is 4.26. The lowest BCUT2D eigenvalue weighted by Crippen LogP contribution is -2.33. The first kappa shape index (κ1) is 15.0. The number of amides is 1. The SMILES string of the molecule is CC(C)(CC(=O)NCc1cccc2ccccc12)C(=O)O. The Morgan fingerprint density at radius 3 is 2.48 bits per heavy atom. The molecule has 0 aliphatic heterocycles. The van der Waals surface area contributed by atoms with E-state index < -0.39 is 11.4 Å². The number of carbonyl (C=O) groups is 2. The summed E-state index contributed by atoms with van der Waals surface area (Å²) in [5, 5.41) is 14.1. The van der Waals surface area contributed by atoms with Crippen molar-refractivity contribution >= 4 is 22.6 Å². The van der Waals surface area contributed by atoms with Gasteiger partial charge in [0.15, 0.2) is 0 Å². The van der Waals surface area contributed by atoms with Gasteiger partial charge in [-0.3, -0.25) is 9.59 Å². The van der Waals surface area contributed by atoms with E-state index in [2.05, 4.69) is 5.32 Å². The minimum absolute atomic E-state index is 0.0346. The summed E-state index contributed by atoms with van der Waals surface area (Å²) < 4.78 is 0. The van der Waals surface area contributed by atoms with Crippen molar-refractivity contribution in [3.05, 3.63) is 48.0 Å². The summed E-state index contributed by atoms with van der Waals surface area (Å²) in [5.74, 6) is -1.22. The highest BCUT2D eigenvalue weighted by Crippen LogP contribution is 2.21. The van der Waals surface area contributed by atoms with Gasteiger partial charge in [-0.1, -0.05) is 42.5 Å². The lowest BCUT2D eigenvalue weighted by molar-refractivity contribution is -0.149. The zero-order valence-electron chi connectivity index (χ0n) is 12.2. The zero-order valence-corrected chi connectivity index (χ0v) is 12.2. The van der Waals surface area contributed by atoms with Crippen molar-refractivity contribution in [1.29, 1.82) is 0 Å². The van der Waals surface area contributed by atoms with Crippen molar-refractivity contribution in [1.82, 2.24) is 5.32 Å². The van der Waals surface area contributed by atoms with Gasteiger partial charge in [0.25, 0.3) is 0 Å². The van der Waals surface area contributed by atoms with Gasteiger partial charge in [0.2, 0.25) is 5.91 Å². The average Bonchev–Trinajstić information content (AvgIpc) is 2.44. The molecule has 2 rings (SSSR count). The summed E-state index contributed by atoms with van der Waals surface area (Å²) in [4.78, 5) is 22.9. The van der Waals surface area contributed by atoms with Crippen LogP contribution < -0.4 is 5.32 Å². The van der Waals surface area contributed by atoms with E-state index in [4.69, 9.17) is 5.11 Å². The highest BCUT2D eigenvalue weighted by atomic mass is 16.4. The molecule has 0 heterocycles. The van der Waals surface area contributed by atoms with Crippen molar-refractivity contribution in [3.63, 3.8) is 0 Å². The highest BCUT2D eigenvalue weighted by Gasteiger charge is 2.29. The van der Waals surface area contributed by atoms with Gasteiger partial charge in [0.1, 0.15) is 0 Å². The Bertz CT molecular complexity index is 671. The molecular weight excluding hydrogens is 266 g/mol. The van der Waals surface area contributed by atoms with Crippen molar-refractivity contribution in [3.8, 4) is 0 Å². The number of carboxylic acid groups (broad SMARTS) is 1. The normalized spacial score (nSPS) is 11.3. The highest BCUT2D eigenvalue weighted by molar-refractivity contribution is 5.87. The van der Waals surface area contributed by atoms with Crippen LogP contribution >= 0.6 is 0 Å². The van der Waals surface area contributed by atoms with Crippen LogP contribution in [0, 0.1) is 5.41 Å². The van der Waals surface area contributed by atoms with Crippen molar-refractivity contribution < 1.29 is 14.7 Å². The van der Waals surface area contributed by atoms with E-state index in [1.807, 2.05) is 42.5 Å². The molecule has 0 unspecified atom stereocenters. The van der Waals surface area contributed by atoms with Crippen molar-refractivity contribution in [2.24, 2.45) is 5.41 Å². The second-order valence-electron chi connectivity index (χ2n) is 5.78. The number of benzene rings is 2. The Morgan fingerprint density at radius 1 is 1.10 bits per heavy atom. The van der Waals surface area contributed by atoms with Crippen LogP contribution in [0.3, 0.4) is 0 Å². The van der Waals surface area contributed by atoms with E-state index in [0.29, 0.717) is 6.54 Å². The van der Waals surface area contributed by atoms with Gasteiger partial charge in [-0.2, -0.15) is 0 Å². The summed E-state index contributed by atoms with van der Waals surface area (Å²) in [5.41, 5.74) is -0.0300. The summed E-state index contributed by atoms with van der Waals surface area (Å²) in [6, 6.07) is 13.9. The fourth-order valence-corrected chi connectivity index (χ4v) is 2.18. The van der Waals surface area contributed by atoms with Crippen LogP contribution in [-0.4, -0.2) is 17.0 Å². The fraction of sp³-hybridized carbons (Fsp3) is 0.294. The molecule has 21 heavy (non-hydrogen) atoms. The van der Waals surface area contributed by atoms with Gasteiger partial charge in [0, 0.05) is 13.0 Å². The Balaban J connectivity index is 2.05. The number of carboxylic acids is 1. The third kappa shape index (κ3) is 3.60. The molecule has 4 nitrogen and oxygen atoms in total. The maximum absolute atomic E-state index is 11.9. The molecule has 0 atom stereocenters. The van der Waals surface area contributed by atoms with Crippen LogP contribution in [-0.2, 0) is 16.1 Å². The third-order valence-corrected chi connectivity index (χ3v) is 3.54. The molecule has 2 N–H and O–H groups in total. The molecule has 0 aliphatic carbocycles. The van der Waals surface area contributed by atoms with E-state index in [1.54, 1.807) is 13.8 Å². The molecule has 4 heteroatoms. The molecule has 2 aromatic carbocycles. The molecule has 0 saturated heterocycles. The Morgan fingerprint density at radius 2 is 1.76 bits per heavy atom. The second kappa shape index (κ2) is 5.95. The number of hydrogen-bond acceptors (Lipinski definition) is 2. The van der Waals surface area contributed by atoms with E-state index in [9.17, 15) is 9.59 Å². The lowest BCUT2D eigenvalue weighted by Gasteiger charge is -2.18. The third-order valence-electron chi connectivity index (χ3n) is 3.54. The van der Waals surface area contributed by atoms with Crippen LogP contribution in [0.5, 0.6) is 0 Å². The fourth-order valence-electron chi connectivity index (χ4n) is 2.18. The molecule has 0 radical (unpaired) electrons. The van der Waals surface area contributed by atoms with Crippen molar-refractivity contribution in [2.45, 2.75) is 26.8 Å². The number of hydrogen-bond donors (Lipinski definition) is 2. The molecule has 110 valence electrons. The van der Waals surface area contributed by atoms with E-state index in [1.165, 1.54) is 0 Å². The summed E-state index contributed by atoms with van der Waals surface area (Å²) in [6.07, 6.45) is -0.0346. The molecule has 1 amide bonds. The van der Waals surface area contributed by atoms with Crippen LogP contribution in [0.15, 0.2) is 42.5 Å². The predicted molar refractivity (Wildman–Crippen MR) is 81.8 cm³/mol. The largest absolute Gasteiger partial charge is 0.481 e. The predicted octanol–water partition coefficient (Wildman–Crippen LogP) is 2.96. The molecule has 2 aromatic rings. The standard InChI is InChI=1S/C17H19NO3/c1-17(2,16(20)21)10-15(19)18-11-13-8-5-7-12-6-3-4-9-14(12)13/h3-9H,10-11H2,1-2H3,(H,18,19)(H,20,21). The number of fused-ring (bicyclic) bond motifs is 1. The van der Waals surface area contributed by atoms with Gasteiger partial charge in [-0.05, 0) is 30.2 Å². The van der Waals surface area contributed by atoms with E-state index in [-0.39, 0.29) is 12.3 Å². The first-order valence-electron chi connectivity index (χ1n) is 6.87. The lowest BCUT2D eigenvalue weighted by atomic mass is 9.89. The molecule has 0 aliphatic rings. The summed E-state index contributed by atoms with van der Waals surface area (Å²) in [7, 11) is 0. The van der Waals surface area contributed by atoms with E-state index >= 15 is 0 Å². The van der Waals surface area contributed by atoms with Crippen LogP contribution in [0.1, 0.15) is 25.8 Å². The zero-order chi connectivity index (χ0) is 15.5. The maximum Gasteiger partial charge on any atom is 0.309 e. The quantitative estimate of drug-likeness (QED) is 0.887. The van der Waals surface area contributed by atoms with Gasteiger partial charge in [-0.25, -0.2) is 0 Å².